The zero-order valence-corrected chi connectivity index (χ0v) is 25.5. The SMILES string of the molecule is CCn1c(=O)n(CCCOC2CCCCO2)c(=O)c2c1nc(-c1ccc(OC3CCC3)nc1)n2Cc1ccc(C2CC2)cc1. The summed E-state index contributed by atoms with van der Waals surface area (Å²) in [6.45, 7) is 4.12. The summed E-state index contributed by atoms with van der Waals surface area (Å²) in [5.74, 6) is 1.86. The number of aromatic nitrogens is 5. The van der Waals surface area contributed by atoms with Gasteiger partial charge >= 0.3 is 5.69 Å². The zero-order valence-electron chi connectivity index (χ0n) is 25.5. The predicted octanol–water partition coefficient (Wildman–Crippen LogP) is 5.23. The molecule has 0 amide bonds. The van der Waals surface area contributed by atoms with E-state index in [-0.39, 0.29) is 30.2 Å². The van der Waals surface area contributed by atoms with Crippen molar-refractivity contribution in [2.45, 2.75) is 103 Å². The van der Waals surface area contributed by atoms with Crippen molar-refractivity contribution in [2.75, 3.05) is 13.2 Å². The van der Waals surface area contributed by atoms with Gasteiger partial charge in [-0.05, 0) is 87.8 Å². The normalized spacial score (nSPS) is 18.9. The van der Waals surface area contributed by atoms with Crippen molar-refractivity contribution in [1.29, 1.82) is 0 Å². The number of pyridine rings is 1. The van der Waals surface area contributed by atoms with Gasteiger partial charge in [0.05, 0.1) is 6.61 Å². The van der Waals surface area contributed by atoms with Crippen LogP contribution >= 0.6 is 0 Å². The van der Waals surface area contributed by atoms with Gasteiger partial charge in [0.25, 0.3) is 5.56 Å². The number of imidazole rings is 1. The Kier molecular flexibility index (Phi) is 8.36. The summed E-state index contributed by atoms with van der Waals surface area (Å²) in [7, 11) is 0. The quantitative estimate of drug-likeness (QED) is 0.206. The van der Waals surface area contributed by atoms with E-state index >= 15 is 0 Å². The van der Waals surface area contributed by atoms with Crippen molar-refractivity contribution in [2.24, 2.45) is 0 Å². The van der Waals surface area contributed by atoms with Gasteiger partial charge in [-0.3, -0.25) is 13.9 Å². The minimum atomic E-state index is -0.355. The van der Waals surface area contributed by atoms with E-state index in [0.717, 1.165) is 43.2 Å². The van der Waals surface area contributed by atoms with Gasteiger partial charge in [0, 0.05) is 44.1 Å². The lowest BCUT2D eigenvalue weighted by atomic mass is 9.96. The Morgan fingerprint density at radius 2 is 1.77 bits per heavy atom. The lowest BCUT2D eigenvalue weighted by Gasteiger charge is -2.25. The monoisotopic (exact) mass is 599 g/mol. The molecule has 7 rings (SSSR count). The van der Waals surface area contributed by atoms with Crippen LogP contribution in [-0.2, 0) is 29.1 Å². The third kappa shape index (κ3) is 5.97. The van der Waals surface area contributed by atoms with Gasteiger partial charge in [0.15, 0.2) is 17.5 Å². The Bertz CT molecular complexity index is 1710. The molecular weight excluding hydrogens is 558 g/mol. The molecule has 4 heterocycles. The van der Waals surface area contributed by atoms with Crippen LogP contribution in [0.25, 0.3) is 22.6 Å². The van der Waals surface area contributed by atoms with Crippen molar-refractivity contribution in [1.82, 2.24) is 23.7 Å². The number of fused-ring (bicyclic) bond motifs is 1. The average Bonchev–Trinajstić information content (AvgIpc) is 3.82. The summed E-state index contributed by atoms with van der Waals surface area (Å²) < 4.78 is 22.4. The smallest absolute Gasteiger partial charge is 0.332 e. The van der Waals surface area contributed by atoms with Crippen LogP contribution in [0.1, 0.15) is 81.8 Å². The van der Waals surface area contributed by atoms with Crippen LogP contribution in [0, 0.1) is 0 Å². The van der Waals surface area contributed by atoms with Crippen molar-refractivity contribution < 1.29 is 14.2 Å². The molecule has 10 heteroatoms. The number of hydrogen-bond donors (Lipinski definition) is 0. The van der Waals surface area contributed by atoms with E-state index in [4.69, 9.17) is 19.2 Å². The summed E-state index contributed by atoms with van der Waals surface area (Å²) in [5, 5.41) is 0. The molecule has 1 atom stereocenters. The highest BCUT2D eigenvalue weighted by Crippen LogP contribution is 2.40. The molecule has 0 spiro atoms. The minimum Gasteiger partial charge on any atom is -0.474 e. The summed E-state index contributed by atoms with van der Waals surface area (Å²) in [5.41, 5.74) is 3.30. The summed E-state index contributed by atoms with van der Waals surface area (Å²) in [6, 6.07) is 12.5. The van der Waals surface area contributed by atoms with Crippen molar-refractivity contribution in [3.8, 4) is 17.3 Å². The molecule has 1 aromatic carbocycles. The average molecular weight is 600 g/mol. The van der Waals surface area contributed by atoms with E-state index in [2.05, 4.69) is 29.2 Å². The van der Waals surface area contributed by atoms with Crippen LogP contribution in [0.4, 0.5) is 0 Å². The van der Waals surface area contributed by atoms with E-state index in [1.165, 1.54) is 29.4 Å². The maximum Gasteiger partial charge on any atom is 0.332 e. The van der Waals surface area contributed by atoms with Crippen LogP contribution in [-0.4, -0.2) is 49.3 Å². The second-order valence-corrected chi connectivity index (χ2v) is 12.3. The molecule has 3 fully saturated rings. The molecule has 3 aliphatic rings. The molecule has 1 unspecified atom stereocenters. The Morgan fingerprint density at radius 1 is 0.932 bits per heavy atom. The Morgan fingerprint density at radius 3 is 2.43 bits per heavy atom. The van der Waals surface area contributed by atoms with Crippen LogP contribution in [0.15, 0.2) is 52.2 Å². The molecule has 2 saturated carbocycles. The zero-order chi connectivity index (χ0) is 30.0. The fourth-order valence-corrected chi connectivity index (χ4v) is 6.16. The van der Waals surface area contributed by atoms with E-state index in [9.17, 15) is 9.59 Å². The van der Waals surface area contributed by atoms with Crippen LogP contribution < -0.4 is 16.0 Å². The molecule has 44 heavy (non-hydrogen) atoms. The van der Waals surface area contributed by atoms with Gasteiger partial charge in [-0.25, -0.2) is 14.8 Å². The maximum atomic E-state index is 14.1. The number of benzene rings is 1. The van der Waals surface area contributed by atoms with E-state index in [0.29, 0.717) is 61.5 Å². The molecule has 2 aliphatic carbocycles. The first-order valence-corrected chi connectivity index (χ1v) is 16.3. The Hall–Kier alpha value is -3.76. The molecule has 4 aromatic rings. The van der Waals surface area contributed by atoms with Crippen molar-refractivity contribution >= 4 is 11.2 Å². The van der Waals surface area contributed by atoms with Gasteiger partial charge in [-0.15, -0.1) is 0 Å². The first-order valence-electron chi connectivity index (χ1n) is 16.3. The van der Waals surface area contributed by atoms with Gasteiger partial charge < -0.3 is 18.8 Å². The molecule has 0 radical (unpaired) electrons. The molecule has 1 saturated heterocycles. The number of ether oxygens (including phenoxy) is 3. The largest absolute Gasteiger partial charge is 0.474 e. The number of nitrogens with zero attached hydrogens (tertiary/aromatic N) is 5. The minimum absolute atomic E-state index is 0.204. The third-order valence-corrected chi connectivity index (χ3v) is 9.10. The molecular formula is C34H41N5O5. The van der Waals surface area contributed by atoms with Crippen LogP contribution in [0.3, 0.4) is 0 Å². The molecule has 0 bridgehead atoms. The Balaban J connectivity index is 1.25. The summed E-state index contributed by atoms with van der Waals surface area (Å²) in [4.78, 5) is 37.2. The van der Waals surface area contributed by atoms with Gasteiger partial charge in [-0.2, -0.15) is 0 Å². The highest BCUT2D eigenvalue weighted by molar-refractivity contribution is 5.77. The topological polar surface area (TPSA) is 102 Å². The van der Waals surface area contributed by atoms with Crippen LogP contribution in [0.5, 0.6) is 5.88 Å². The van der Waals surface area contributed by atoms with Crippen LogP contribution in [0.2, 0.25) is 0 Å². The number of aryl methyl sites for hydroxylation is 1. The summed E-state index contributed by atoms with van der Waals surface area (Å²) in [6.07, 6.45) is 11.1. The van der Waals surface area contributed by atoms with Gasteiger partial charge in [-0.1, -0.05) is 24.3 Å². The molecule has 10 nitrogen and oxygen atoms in total. The number of rotatable bonds is 12. The highest BCUT2D eigenvalue weighted by Gasteiger charge is 2.25. The standard InChI is InChI=1S/C34H41N5O5/c1-2-37-32-30(33(40)38(34(37)41)18-6-20-43-29-9-3-4-19-42-29)39(22-23-10-12-24(13-11-23)25-14-15-25)31(36-32)26-16-17-28(35-21-26)44-27-7-5-8-27/h10-13,16-17,21,25,27,29H,2-9,14-15,18-20,22H2,1H3. The van der Waals surface area contributed by atoms with Gasteiger partial charge in [0.2, 0.25) is 5.88 Å². The molecule has 232 valence electrons. The van der Waals surface area contributed by atoms with Crippen molar-refractivity contribution in [3.05, 3.63) is 74.6 Å². The lowest BCUT2D eigenvalue weighted by molar-refractivity contribution is -0.163. The molecule has 1 aliphatic heterocycles. The number of hydrogen-bond acceptors (Lipinski definition) is 7. The fourth-order valence-electron chi connectivity index (χ4n) is 6.16. The first kappa shape index (κ1) is 29.0. The highest BCUT2D eigenvalue weighted by atomic mass is 16.7. The first-order chi connectivity index (χ1) is 21.6. The molecule has 0 N–H and O–H groups in total. The van der Waals surface area contributed by atoms with Gasteiger partial charge in [0.1, 0.15) is 11.9 Å². The van der Waals surface area contributed by atoms with Crippen molar-refractivity contribution in [3.63, 3.8) is 0 Å². The predicted molar refractivity (Wildman–Crippen MR) is 167 cm³/mol. The third-order valence-electron chi connectivity index (χ3n) is 9.10. The molecule has 3 aromatic heterocycles. The van der Waals surface area contributed by atoms with E-state index in [1.807, 2.05) is 23.6 Å². The Labute approximate surface area is 256 Å². The lowest BCUT2D eigenvalue weighted by Crippen LogP contribution is -2.40. The van der Waals surface area contributed by atoms with E-state index < -0.39 is 0 Å². The second-order valence-electron chi connectivity index (χ2n) is 12.3. The second kappa shape index (κ2) is 12.7. The maximum absolute atomic E-state index is 14.1. The fraction of sp³-hybridized carbons (Fsp3) is 0.529. The summed E-state index contributed by atoms with van der Waals surface area (Å²) >= 11 is 0. The van der Waals surface area contributed by atoms with E-state index in [1.54, 1.807) is 10.8 Å².